The molecule has 0 amide bonds. The number of Topliss-reactive ketones (excluding diaryl/α,β-unsaturated/α-hetero) is 1. The van der Waals surface area contributed by atoms with Gasteiger partial charge in [-0.05, 0) is 37.5 Å². The molecule has 2 rings (SSSR count). The van der Waals surface area contributed by atoms with Crippen molar-refractivity contribution in [3.05, 3.63) is 0 Å². The van der Waals surface area contributed by atoms with Gasteiger partial charge in [0.05, 0.1) is 5.88 Å². The average molecular weight is 173 g/mol. The summed E-state index contributed by atoms with van der Waals surface area (Å²) >= 11 is 5.50. The summed E-state index contributed by atoms with van der Waals surface area (Å²) in [5.41, 5.74) is 0.617. The van der Waals surface area contributed by atoms with Crippen LogP contribution in [0, 0.1) is 11.3 Å². The Bertz CT molecular complexity index is 184. The second-order valence-electron chi connectivity index (χ2n) is 4.04. The molecule has 0 aromatic carbocycles. The Morgan fingerprint density at radius 1 is 1.45 bits per heavy atom. The topological polar surface area (TPSA) is 17.1 Å². The number of rotatable bonds is 2. The molecule has 2 heteroatoms. The summed E-state index contributed by atoms with van der Waals surface area (Å²) in [4.78, 5) is 11.2. The SMILES string of the molecule is O=C(CCl)C1CCC2(CC2)C1. The van der Waals surface area contributed by atoms with Gasteiger partial charge in [0.25, 0.3) is 0 Å². The van der Waals surface area contributed by atoms with E-state index in [2.05, 4.69) is 0 Å². The molecule has 1 spiro atoms. The quantitative estimate of drug-likeness (QED) is 0.585. The van der Waals surface area contributed by atoms with E-state index in [4.69, 9.17) is 11.6 Å². The van der Waals surface area contributed by atoms with Gasteiger partial charge in [0.1, 0.15) is 0 Å². The fraction of sp³-hybridized carbons (Fsp3) is 0.889. The van der Waals surface area contributed by atoms with E-state index in [1.165, 1.54) is 19.3 Å². The van der Waals surface area contributed by atoms with Gasteiger partial charge < -0.3 is 0 Å². The van der Waals surface area contributed by atoms with Gasteiger partial charge in [-0.25, -0.2) is 0 Å². The van der Waals surface area contributed by atoms with E-state index in [9.17, 15) is 4.79 Å². The lowest BCUT2D eigenvalue weighted by atomic mass is 10.0. The smallest absolute Gasteiger partial charge is 0.150 e. The fourth-order valence-corrected chi connectivity index (χ4v) is 2.44. The van der Waals surface area contributed by atoms with Crippen LogP contribution in [0.15, 0.2) is 0 Å². The molecule has 1 nitrogen and oxygen atoms in total. The Morgan fingerprint density at radius 3 is 2.64 bits per heavy atom. The number of alkyl halides is 1. The molecule has 0 radical (unpaired) electrons. The summed E-state index contributed by atoms with van der Waals surface area (Å²) < 4.78 is 0. The van der Waals surface area contributed by atoms with Crippen LogP contribution in [0.1, 0.15) is 32.1 Å². The summed E-state index contributed by atoms with van der Waals surface area (Å²) in [6, 6.07) is 0. The molecule has 2 saturated carbocycles. The van der Waals surface area contributed by atoms with Crippen LogP contribution in [-0.4, -0.2) is 11.7 Å². The Hall–Kier alpha value is -0.0400. The lowest BCUT2D eigenvalue weighted by Crippen LogP contribution is -2.12. The number of hydrogen-bond acceptors (Lipinski definition) is 1. The Kier molecular flexibility index (Phi) is 1.71. The molecule has 11 heavy (non-hydrogen) atoms. The van der Waals surface area contributed by atoms with E-state index in [-0.39, 0.29) is 11.7 Å². The summed E-state index contributed by atoms with van der Waals surface area (Å²) in [6.45, 7) is 0. The number of halogens is 1. The summed E-state index contributed by atoms with van der Waals surface area (Å²) in [5.74, 6) is 0.811. The zero-order valence-electron chi connectivity index (χ0n) is 6.61. The maximum Gasteiger partial charge on any atom is 0.150 e. The largest absolute Gasteiger partial charge is 0.298 e. The maximum atomic E-state index is 11.2. The van der Waals surface area contributed by atoms with Crippen molar-refractivity contribution in [3.63, 3.8) is 0 Å². The van der Waals surface area contributed by atoms with Gasteiger partial charge in [0.2, 0.25) is 0 Å². The lowest BCUT2D eigenvalue weighted by Gasteiger charge is -2.05. The van der Waals surface area contributed by atoms with Gasteiger partial charge in [0.15, 0.2) is 5.78 Å². The molecule has 62 valence electrons. The first-order chi connectivity index (χ1) is 5.26. The van der Waals surface area contributed by atoms with E-state index < -0.39 is 0 Å². The first-order valence-electron chi connectivity index (χ1n) is 4.34. The molecule has 2 fully saturated rings. The van der Waals surface area contributed by atoms with Gasteiger partial charge >= 0.3 is 0 Å². The highest BCUT2D eigenvalue weighted by Gasteiger charge is 2.49. The second kappa shape index (κ2) is 2.48. The van der Waals surface area contributed by atoms with Crippen LogP contribution in [-0.2, 0) is 4.79 Å². The van der Waals surface area contributed by atoms with E-state index in [1.807, 2.05) is 0 Å². The van der Waals surface area contributed by atoms with Crippen molar-refractivity contribution in [2.24, 2.45) is 11.3 Å². The molecule has 0 saturated heterocycles. The molecule has 0 aliphatic heterocycles. The molecule has 0 aromatic heterocycles. The third kappa shape index (κ3) is 1.31. The van der Waals surface area contributed by atoms with Crippen LogP contribution >= 0.6 is 11.6 Å². The molecule has 0 bridgehead atoms. The molecular weight excluding hydrogens is 160 g/mol. The van der Waals surface area contributed by atoms with E-state index in [1.54, 1.807) is 0 Å². The third-order valence-corrected chi connectivity index (χ3v) is 3.51. The Morgan fingerprint density at radius 2 is 2.18 bits per heavy atom. The van der Waals surface area contributed by atoms with Crippen molar-refractivity contribution < 1.29 is 4.79 Å². The third-order valence-electron chi connectivity index (χ3n) is 3.25. The van der Waals surface area contributed by atoms with Crippen molar-refractivity contribution in [1.82, 2.24) is 0 Å². The predicted molar refractivity (Wildman–Crippen MR) is 44.7 cm³/mol. The normalized spacial score (nSPS) is 32.6. The van der Waals surface area contributed by atoms with Gasteiger partial charge in [-0.3, -0.25) is 4.79 Å². The van der Waals surface area contributed by atoms with Crippen molar-refractivity contribution in [2.45, 2.75) is 32.1 Å². The molecule has 0 aromatic rings. The molecule has 2 aliphatic rings. The summed E-state index contributed by atoms with van der Waals surface area (Å²) in [7, 11) is 0. The highest BCUT2D eigenvalue weighted by Crippen LogP contribution is 2.59. The second-order valence-corrected chi connectivity index (χ2v) is 4.31. The first kappa shape index (κ1) is 7.60. The Balaban J connectivity index is 1.94. The van der Waals surface area contributed by atoms with Crippen molar-refractivity contribution in [1.29, 1.82) is 0 Å². The molecule has 1 unspecified atom stereocenters. The number of carbonyl (C=O) groups is 1. The minimum absolute atomic E-state index is 0.223. The van der Waals surface area contributed by atoms with Crippen LogP contribution in [0.4, 0.5) is 0 Å². The van der Waals surface area contributed by atoms with Crippen LogP contribution in [0.3, 0.4) is 0 Å². The van der Waals surface area contributed by atoms with Crippen LogP contribution < -0.4 is 0 Å². The molecular formula is C9H13ClO. The molecule has 0 N–H and O–H groups in total. The average Bonchev–Trinajstić information content (AvgIpc) is 2.61. The number of hydrogen-bond donors (Lipinski definition) is 0. The van der Waals surface area contributed by atoms with Crippen molar-refractivity contribution in [3.8, 4) is 0 Å². The first-order valence-corrected chi connectivity index (χ1v) is 4.88. The van der Waals surface area contributed by atoms with Crippen molar-refractivity contribution in [2.75, 3.05) is 5.88 Å². The number of ketones is 1. The Labute approximate surface area is 72.1 Å². The molecule has 2 aliphatic carbocycles. The summed E-state index contributed by atoms with van der Waals surface area (Å²) in [6.07, 6.45) is 6.24. The highest BCUT2D eigenvalue weighted by molar-refractivity contribution is 6.27. The minimum Gasteiger partial charge on any atom is -0.298 e. The number of carbonyl (C=O) groups excluding carboxylic acids is 1. The van der Waals surface area contributed by atoms with Gasteiger partial charge in [0, 0.05) is 5.92 Å². The minimum atomic E-state index is 0.223. The van der Waals surface area contributed by atoms with Gasteiger partial charge in [-0.15, -0.1) is 11.6 Å². The van der Waals surface area contributed by atoms with Crippen LogP contribution in [0.5, 0.6) is 0 Å². The van der Waals surface area contributed by atoms with Gasteiger partial charge in [-0.1, -0.05) is 0 Å². The maximum absolute atomic E-state index is 11.2. The van der Waals surface area contributed by atoms with Crippen molar-refractivity contribution >= 4 is 17.4 Å². The van der Waals surface area contributed by atoms with Gasteiger partial charge in [-0.2, -0.15) is 0 Å². The fourth-order valence-electron chi connectivity index (χ4n) is 2.22. The monoisotopic (exact) mass is 172 g/mol. The zero-order chi connectivity index (χ0) is 7.90. The van der Waals surface area contributed by atoms with E-state index in [0.717, 1.165) is 12.8 Å². The molecule has 0 heterocycles. The summed E-state index contributed by atoms with van der Waals surface area (Å²) in [5, 5.41) is 0. The standard InChI is InChI=1S/C9H13ClO/c10-6-8(11)7-1-2-9(5-7)3-4-9/h7H,1-6H2. The lowest BCUT2D eigenvalue weighted by molar-refractivity contribution is -0.120. The predicted octanol–water partition coefficient (Wildman–Crippen LogP) is 2.37. The van der Waals surface area contributed by atoms with E-state index >= 15 is 0 Å². The van der Waals surface area contributed by atoms with Crippen LogP contribution in [0.25, 0.3) is 0 Å². The molecule has 1 atom stereocenters. The zero-order valence-corrected chi connectivity index (χ0v) is 7.36. The highest BCUT2D eigenvalue weighted by atomic mass is 35.5. The van der Waals surface area contributed by atoms with Crippen LogP contribution in [0.2, 0.25) is 0 Å². The van der Waals surface area contributed by atoms with E-state index in [0.29, 0.717) is 11.3 Å².